The summed E-state index contributed by atoms with van der Waals surface area (Å²) >= 11 is 0. The van der Waals surface area contributed by atoms with E-state index in [1.165, 1.54) is 12.1 Å². The molecule has 2 rings (SSSR count). The van der Waals surface area contributed by atoms with Crippen LogP contribution in [0.4, 0.5) is 8.78 Å². The molecular formula is C14H20F2N2O. The van der Waals surface area contributed by atoms with E-state index in [2.05, 4.69) is 9.80 Å². The highest BCUT2D eigenvalue weighted by Gasteiger charge is 2.15. The van der Waals surface area contributed by atoms with Gasteiger partial charge >= 0.3 is 0 Å². The van der Waals surface area contributed by atoms with Crippen LogP contribution >= 0.6 is 0 Å². The molecule has 106 valence electrons. The minimum absolute atomic E-state index is 0.184. The van der Waals surface area contributed by atoms with Gasteiger partial charge in [-0.2, -0.15) is 0 Å². The van der Waals surface area contributed by atoms with E-state index in [-0.39, 0.29) is 6.61 Å². The molecule has 1 heterocycles. The van der Waals surface area contributed by atoms with Crippen LogP contribution in [-0.2, 0) is 6.54 Å². The second kappa shape index (κ2) is 6.93. The summed E-state index contributed by atoms with van der Waals surface area (Å²) in [6.07, 6.45) is 1.03. The zero-order chi connectivity index (χ0) is 13.7. The van der Waals surface area contributed by atoms with Crippen molar-refractivity contribution in [2.75, 3.05) is 39.3 Å². The SMILES string of the molecule is OCCN1CCCN(Cc2ccc(F)c(F)c2)CC1. The smallest absolute Gasteiger partial charge is 0.159 e. The maximum absolute atomic E-state index is 13.1. The molecule has 1 N–H and O–H groups in total. The fraction of sp³-hybridized carbons (Fsp3) is 0.571. The van der Waals surface area contributed by atoms with Crippen molar-refractivity contribution in [3.8, 4) is 0 Å². The predicted octanol–water partition coefficient (Wildman–Crippen LogP) is 1.46. The molecule has 5 heteroatoms. The lowest BCUT2D eigenvalue weighted by atomic mass is 10.2. The maximum atomic E-state index is 13.1. The van der Waals surface area contributed by atoms with E-state index >= 15 is 0 Å². The van der Waals surface area contributed by atoms with Gasteiger partial charge in [-0.05, 0) is 37.2 Å². The number of rotatable bonds is 4. The molecule has 3 nitrogen and oxygen atoms in total. The lowest BCUT2D eigenvalue weighted by Crippen LogP contribution is -2.32. The number of aliphatic hydroxyl groups is 1. The molecule has 1 saturated heterocycles. The molecule has 1 aliphatic rings. The van der Waals surface area contributed by atoms with Gasteiger partial charge in [0, 0.05) is 26.2 Å². The van der Waals surface area contributed by atoms with Crippen LogP contribution in [0.3, 0.4) is 0 Å². The van der Waals surface area contributed by atoms with E-state index in [1.54, 1.807) is 6.07 Å². The standard InChI is InChI=1S/C14H20F2N2O/c15-13-3-2-12(10-14(13)16)11-18-5-1-4-17(6-7-18)8-9-19/h2-3,10,19H,1,4-9,11H2. The van der Waals surface area contributed by atoms with Gasteiger partial charge in [-0.1, -0.05) is 6.07 Å². The minimum Gasteiger partial charge on any atom is -0.395 e. The molecule has 0 aliphatic carbocycles. The van der Waals surface area contributed by atoms with Gasteiger partial charge in [-0.15, -0.1) is 0 Å². The second-order valence-corrected chi connectivity index (χ2v) is 4.94. The Balaban J connectivity index is 1.90. The lowest BCUT2D eigenvalue weighted by molar-refractivity contribution is 0.196. The molecule has 0 spiro atoms. The summed E-state index contributed by atoms with van der Waals surface area (Å²) < 4.78 is 26.0. The van der Waals surface area contributed by atoms with Crippen molar-refractivity contribution in [1.29, 1.82) is 0 Å². The number of β-amino-alcohol motifs (C(OH)–C–C–N with tert-alkyl or cyclic N) is 1. The van der Waals surface area contributed by atoms with E-state index in [0.717, 1.165) is 38.2 Å². The Hall–Kier alpha value is -1.04. The van der Waals surface area contributed by atoms with Gasteiger partial charge in [-0.25, -0.2) is 8.78 Å². The Morgan fingerprint density at radius 1 is 1.00 bits per heavy atom. The molecule has 0 radical (unpaired) electrons. The number of aliphatic hydroxyl groups excluding tert-OH is 1. The van der Waals surface area contributed by atoms with Crippen LogP contribution in [0.5, 0.6) is 0 Å². The summed E-state index contributed by atoms with van der Waals surface area (Å²) in [4.78, 5) is 4.47. The highest BCUT2D eigenvalue weighted by molar-refractivity contribution is 5.17. The summed E-state index contributed by atoms with van der Waals surface area (Å²) in [5.74, 6) is -1.58. The normalized spacial score (nSPS) is 18.5. The van der Waals surface area contributed by atoms with Crippen LogP contribution in [0.2, 0.25) is 0 Å². The van der Waals surface area contributed by atoms with Gasteiger partial charge in [0.1, 0.15) is 0 Å². The van der Waals surface area contributed by atoms with Gasteiger partial charge in [0.15, 0.2) is 11.6 Å². The summed E-state index contributed by atoms with van der Waals surface area (Å²) in [5.41, 5.74) is 0.800. The fourth-order valence-electron chi connectivity index (χ4n) is 2.44. The van der Waals surface area contributed by atoms with Crippen molar-refractivity contribution < 1.29 is 13.9 Å². The highest BCUT2D eigenvalue weighted by atomic mass is 19.2. The molecule has 0 bridgehead atoms. The highest BCUT2D eigenvalue weighted by Crippen LogP contribution is 2.12. The average molecular weight is 270 g/mol. The molecule has 19 heavy (non-hydrogen) atoms. The third-order valence-corrected chi connectivity index (χ3v) is 3.49. The molecule has 0 aromatic heterocycles. The molecule has 0 atom stereocenters. The summed E-state index contributed by atoms with van der Waals surface area (Å²) in [5, 5.41) is 8.94. The van der Waals surface area contributed by atoms with Crippen molar-refractivity contribution in [3.63, 3.8) is 0 Å². The van der Waals surface area contributed by atoms with Gasteiger partial charge < -0.3 is 5.11 Å². The molecule has 1 aliphatic heterocycles. The second-order valence-electron chi connectivity index (χ2n) is 4.94. The summed E-state index contributed by atoms with van der Waals surface area (Å²) in [6.45, 7) is 5.26. The van der Waals surface area contributed by atoms with Crippen molar-refractivity contribution in [2.45, 2.75) is 13.0 Å². The Kier molecular flexibility index (Phi) is 5.24. The molecule has 0 unspecified atom stereocenters. The first-order valence-corrected chi connectivity index (χ1v) is 6.68. The van der Waals surface area contributed by atoms with Crippen molar-refractivity contribution >= 4 is 0 Å². The number of hydrogen-bond donors (Lipinski definition) is 1. The Morgan fingerprint density at radius 3 is 2.47 bits per heavy atom. The largest absolute Gasteiger partial charge is 0.395 e. The van der Waals surface area contributed by atoms with Crippen molar-refractivity contribution in [3.05, 3.63) is 35.4 Å². The van der Waals surface area contributed by atoms with Crippen LogP contribution in [0.15, 0.2) is 18.2 Å². The molecule has 1 fully saturated rings. The van der Waals surface area contributed by atoms with E-state index in [9.17, 15) is 8.78 Å². The zero-order valence-electron chi connectivity index (χ0n) is 11.0. The average Bonchev–Trinajstić information content (AvgIpc) is 2.60. The Labute approximate surface area is 112 Å². The van der Waals surface area contributed by atoms with Gasteiger partial charge in [0.05, 0.1) is 6.61 Å². The lowest BCUT2D eigenvalue weighted by Gasteiger charge is -2.21. The first-order valence-electron chi connectivity index (χ1n) is 6.68. The Bertz CT molecular complexity index is 414. The van der Waals surface area contributed by atoms with Gasteiger partial charge in [0.25, 0.3) is 0 Å². The quantitative estimate of drug-likeness (QED) is 0.897. The minimum atomic E-state index is -0.797. The van der Waals surface area contributed by atoms with E-state index in [4.69, 9.17) is 5.11 Å². The van der Waals surface area contributed by atoms with Crippen molar-refractivity contribution in [2.24, 2.45) is 0 Å². The summed E-state index contributed by atoms with van der Waals surface area (Å²) in [7, 11) is 0. The van der Waals surface area contributed by atoms with Gasteiger partial charge in [0.2, 0.25) is 0 Å². The van der Waals surface area contributed by atoms with Crippen LogP contribution < -0.4 is 0 Å². The first kappa shape index (κ1) is 14.4. The monoisotopic (exact) mass is 270 g/mol. The number of nitrogens with zero attached hydrogens (tertiary/aromatic N) is 2. The predicted molar refractivity (Wildman–Crippen MR) is 69.8 cm³/mol. The van der Waals surface area contributed by atoms with Crippen LogP contribution in [0.25, 0.3) is 0 Å². The van der Waals surface area contributed by atoms with Crippen LogP contribution in [-0.4, -0.2) is 54.2 Å². The van der Waals surface area contributed by atoms with E-state index in [0.29, 0.717) is 13.1 Å². The van der Waals surface area contributed by atoms with Crippen LogP contribution in [0, 0.1) is 11.6 Å². The fourth-order valence-corrected chi connectivity index (χ4v) is 2.44. The number of halogens is 2. The Morgan fingerprint density at radius 2 is 1.74 bits per heavy atom. The van der Waals surface area contributed by atoms with E-state index < -0.39 is 11.6 Å². The van der Waals surface area contributed by atoms with Crippen LogP contribution in [0.1, 0.15) is 12.0 Å². The third kappa shape index (κ3) is 4.23. The number of hydrogen-bond acceptors (Lipinski definition) is 3. The summed E-state index contributed by atoms with van der Waals surface area (Å²) in [6, 6.07) is 4.08. The zero-order valence-corrected chi connectivity index (χ0v) is 11.0. The molecule has 1 aromatic carbocycles. The molecule has 0 amide bonds. The third-order valence-electron chi connectivity index (χ3n) is 3.49. The van der Waals surface area contributed by atoms with Crippen molar-refractivity contribution in [1.82, 2.24) is 9.80 Å². The topological polar surface area (TPSA) is 26.7 Å². The molecule has 1 aromatic rings. The first-order chi connectivity index (χ1) is 9.19. The van der Waals surface area contributed by atoms with Gasteiger partial charge in [-0.3, -0.25) is 9.80 Å². The molecule has 0 saturated carbocycles. The number of benzene rings is 1. The van der Waals surface area contributed by atoms with E-state index in [1.807, 2.05) is 0 Å². The maximum Gasteiger partial charge on any atom is 0.159 e. The molecular weight excluding hydrogens is 250 g/mol.